The second-order valence-corrected chi connectivity index (χ2v) is 7.05. The Balaban J connectivity index is 1.52. The molecule has 1 aromatic carbocycles. The minimum atomic E-state index is -0.0725. The van der Waals surface area contributed by atoms with Gasteiger partial charge in [-0.3, -0.25) is 4.79 Å². The molecule has 0 bridgehead atoms. The lowest BCUT2D eigenvalue weighted by molar-refractivity contribution is -0.116. The average molecular weight is 377 g/mol. The fraction of sp³-hybridized carbons (Fsp3) is 0.600. The molecule has 0 radical (unpaired) electrons. The summed E-state index contributed by atoms with van der Waals surface area (Å²) in [6.45, 7) is 0.634. The average Bonchev–Trinajstić information content (AvgIpc) is 2.65. The number of anilines is 2. The third-order valence-electron chi connectivity index (χ3n) is 4.82. The summed E-state index contributed by atoms with van der Waals surface area (Å²) in [5, 5.41) is 8.77. The van der Waals surface area contributed by atoms with Crippen LogP contribution in [0, 0.1) is 0 Å². The Hall–Kier alpha value is -2.44. The minimum absolute atomic E-state index is 0.0393. The first kappa shape index (κ1) is 20.9. The second kappa shape index (κ2) is 11.3. The zero-order valence-electron chi connectivity index (χ0n) is 16.2. The van der Waals surface area contributed by atoms with E-state index in [1.54, 1.807) is 25.3 Å². The number of carbonyl (C=O) groups is 2. The number of unbranched alkanes of at least 4 members (excludes halogenated alkanes) is 2. The van der Waals surface area contributed by atoms with Gasteiger partial charge in [0.15, 0.2) is 0 Å². The number of nitrogens with one attached hydrogen (secondary N) is 3. The highest BCUT2D eigenvalue weighted by atomic mass is 16.5. The van der Waals surface area contributed by atoms with Crippen molar-refractivity contribution in [3.05, 3.63) is 18.2 Å². The Morgan fingerprint density at radius 1 is 1.15 bits per heavy atom. The van der Waals surface area contributed by atoms with Gasteiger partial charge >= 0.3 is 6.03 Å². The van der Waals surface area contributed by atoms with Gasteiger partial charge in [-0.05, 0) is 43.9 Å². The van der Waals surface area contributed by atoms with Gasteiger partial charge in [0, 0.05) is 24.7 Å². The molecule has 0 aliphatic heterocycles. The van der Waals surface area contributed by atoms with Crippen molar-refractivity contribution < 1.29 is 14.3 Å². The maximum atomic E-state index is 12.0. The fourth-order valence-corrected chi connectivity index (χ4v) is 3.31. The maximum absolute atomic E-state index is 12.0. The molecule has 3 amide bonds. The van der Waals surface area contributed by atoms with E-state index < -0.39 is 0 Å². The molecule has 0 atom stereocenters. The van der Waals surface area contributed by atoms with Gasteiger partial charge in [-0.15, -0.1) is 0 Å². The fourth-order valence-electron chi connectivity index (χ4n) is 3.31. The van der Waals surface area contributed by atoms with E-state index in [0.717, 1.165) is 32.1 Å². The van der Waals surface area contributed by atoms with Gasteiger partial charge in [-0.2, -0.15) is 0 Å². The smallest absolute Gasteiger partial charge is 0.315 e. The van der Waals surface area contributed by atoms with Crippen LogP contribution in [0.25, 0.3) is 0 Å². The standard InChI is InChI=1S/C20H32N4O3/c1-27-18-12-11-16(14-17(18)21)23-19(25)10-6-3-7-13-22-20(26)24-15-8-4-2-5-9-15/h11-12,14-15H,2-10,13,21H2,1H3,(H,23,25)(H2,22,24,26). The number of nitrogens with two attached hydrogens (primary N) is 1. The van der Waals surface area contributed by atoms with Crippen LogP contribution in [0.4, 0.5) is 16.2 Å². The summed E-state index contributed by atoms with van der Waals surface area (Å²) in [4.78, 5) is 23.8. The summed E-state index contributed by atoms with van der Waals surface area (Å²) >= 11 is 0. The first-order chi connectivity index (χ1) is 13.1. The minimum Gasteiger partial charge on any atom is -0.495 e. The van der Waals surface area contributed by atoms with Crippen LogP contribution in [0.3, 0.4) is 0 Å². The summed E-state index contributed by atoms with van der Waals surface area (Å²) in [7, 11) is 1.55. The van der Waals surface area contributed by atoms with Crippen molar-refractivity contribution in [2.45, 2.75) is 63.8 Å². The molecule has 1 aliphatic rings. The Bertz CT molecular complexity index is 615. The quantitative estimate of drug-likeness (QED) is 0.391. The van der Waals surface area contributed by atoms with Gasteiger partial charge < -0.3 is 26.4 Å². The highest BCUT2D eigenvalue weighted by Gasteiger charge is 2.15. The van der Waals surface area contributed by atoms with E-state index in [2.05, 4.69) is 16.0 Å². The molecule has 0 unspecified atom stereocenters. The zero-order chi connectivity index (χ0) is 19.5. The molecule has 1 aromatic rings. The van der Waals surface area contributed by atoms with Crippen molar-refractivity contribution in [2.24, 2.45) is 0 Å². The number of methoxy groups -OCH3 is 1. The third-order valence-corrected chi connectivity index (χ3v) is 4.82. The van der Waals surface area contributed by atoms with Crippen LogP contribution in [-0.2, 0) is 4.79 Å². The van der Waals surface area contributed by atoms with E-state index >= 15 is 0 Å². The number of nitrogen functional groups attached to an aromatic ring is 1. The third kappa shape index (κ3) is 7.76. The monoisotopic (exact) mass is 376 g/mol. The van der Waals surface area contributed by atoms with Gasteiger partial charge in [0.2, 0.25) is 5.91 Å². The van der Waals surface area contributed by atoms with E-state index in [1.807, 2.05) is 0 Å². The summed E-state index contributed by atoms with van der Waals surface area (Å²) in [6, 6.07) is 5.44. The molecule has 0 spiro atoms. The van der Waals surface area contributed by atoms with Crippen LogP contribution in [0.1, 0.15) is 57.8 Å². The summed E-state index contributed by atoms with van der Waals surface area (Å²) in [5.41, 5.74) is 6.99. The largest absolute Gasteiger partial charge is 0.495 e. The molecule has 1 aliphatic carbocycles. The Kier molecular flexibility index (Phi) is 8.74. The highest BCUT2D eigenvalue weighted by Crippen LogP contribution is 2.24. The number of ether oxygens (including phenoxy) is 1. The van der Waals surface area contributed by atoms with Crippen molar-refractivity contribution in [1.29, 1.82) is 0 Å². The van der Waals surface area contributed by atoms with Crippen LogP contribution in [0.15, 0.2) is 18.2 Å². The lowest BCUT2D eigenvalue weighted by Gasteiger charge is -2.22. The maximum Gasteiger partial charge on any atom is 0.315 e. The van der Waals surface area contributed by atoms with Gasteiger partial charge in [0.05, 0.1) is 12.8 Å². The molecule has 7 nitrogen and oxygen atoms in total. The van der Waals surface area contributed by atoms with Crippen LogP contribution in [0.5, 0.6) is 5.75 Å². The number of hydrogen-bond acceptors (Lipinski definition) is 4. The van der Waals surface area contributed by atoms with Gasteiger partial charge in [-0.25, -0.2) is 4.79 Å². The van der Waals surface area contributed by atoms with Crippen molar-refractivity contribution in [1.82, 2.24) is 10.6 Å². The summed E-state index contributed by atoms with van der Waals surface area (Å²) < 4.78 is 5.09. The van der Waals surface area contributed by atoms with E-state index in [9.17, 15) is 9.59 Å². The number of hydrogen-bond donors (Lipinski definition) is 4. The van der Waals surface area contributed by atoms with E-state index in [-0.39, 0.29) is 11.9 Å². The topological polar surface area (TPSA) is 105 Å². The first-order valence-electron chi connectivity index (χ1n) is 9.86. The molecule has 2 rings (SSSR count). The van der Waals surface area contributed by atoms with Crippen molar-refractivity contribution in [3.8, 4) is 5.75 Å². The normalized spacial score (nSPS) is 14.4. The first-order valence-corrected chi connectivity index (χ1v) is 9.86. The van der Waals surface area contributed by atoms with Crippen molar-refractivity contribution in [3.63, 3.8) is 0 Å². The van der Waals surface area contributed by atoms with Crippen molar-refractivity contribution in [2.75, 3.05) is 24.7 Å². The molecule has 1 fully saturated rings. The van der Waals surface area contributed by atoms with Crippen LogP contribution < -0.4 is 26.4 Å². The van der Waals surface area contributed by atoms with Crippen LogP contribution in [-0.4, -0.2) is 31.6 Å². The van der Waals surface area contributed by atoms with Gasteiger partial charge in [0.1, 0.15) is 5.75 Å². The lowest BCUT2D eigenvalue weighted by atomic mass is 9.96. The summed E-state index contributed by atoms with van der Waals surface area (Å²) in [6.07, 6.45) is 8.84. The molecule has 0 saturated heterocycles. The van der Waals surface area contributed by atoms with Crippen LogP contribution >= 0.6 is 0 Å². The van der Waals surface area contributed by atoms with Crippen molar-refractivity contribution >= 4 is 23.3 Å². The number of carbonyl (C=O) groups excluding carboxylic acids is 2. The number of amides is 3. The molecule has 27 heavy (non-hydrogen) atoms. The van der Waals surface area contributed by atoms with Gasteiger partial charge in [-0.1, -0.05) is 25.7 Å². The molecular formula is C20H32N4O3. The zero-order valence-corrected chi connectivity index (χ0v) is 16.2. The Morgan fingerprint density at radius 3 is 2.63 bits per heavy atom. The lowest BCUT2D eigenvalue weighted by Crippen LogP contribution is -2.43. The highest BCUT2D eigenvalue weighted by molar-refractivity contribution is 5.91. The predicted octanol–water partition coefficient (Wildman–Crippen LogP) is 3.41. The van der Waals surface area contributed by atoms with E-state index in [1.165, 1.54) is 19.3 Å². The molecule has 7 heteroatoms. The molecule has 0 heterocycles. The Morgan fingerprint density at radius 2 is 1.93 bits per heavy atom. The number of benzene rings is 1. The number of urea groups is 1. The van der Waals surface area contributed by atoms with Gasteiger partial charge in [0.25, 0.3) is 0 Å². The molecular weight excluding hydrogens is 344 g/mol. The molecule has 0 aromatic heterocycles. The summed E-state index contributed by atoms with van der Waals surface area (Å²) in [5.74, 6) is 0.551. The molecule has 150 valence electrons. The van der Waals surface area contributed by atoms with Crippen LogP contribution in [0.2, 0.25) is 0 Å². The van der Waals surface area contributed by atoms with E-state index in [0.29, 0.717) is 36.1 Å². The predicted molar refractivity (Wildman–Crippen MR) is 108 cm³/mol. The second-order valence-electron chi connectivity index (χ2n) is 7.05. The SMILES string of the molecule is COc1ccc(NC(=O)CCCCCNC(=O)NC2CCCCC2)cc1N. The Labute approximate surface area is 161 Å². The number of rotatable bonds is 9. The molecule has 1 saturated carbocycles. The molecule has 5 N–H and O–H groups in total. The van der Waals surface area contributed by atoms with E-state index in [4.69, 9.17) is 10.5 Å².